The maximum atomic E-state index is 5.21. The monoisotopic (exact) mass is 288 g/mol. The van der Waals surface area contributed by atoms with Crippen LogP contribution in [0.3, 0.4) is 0 Å². The molecular weight excluding hydrogens is 274 g/mol. The molecule has 0 aliphatic heterocycles. The largest absolute Gasteiger partial charge is 0.371 e. The van der Waals surface area contributed by atoms with Gasteiger partial charge in [-0.25, -0.2) is 0 Å². The van der Waals surface area contributed by atoms with E-state index in [4.69, 9.17) is 2.98 Å². The van der Waals surface area contributed by atoms with Crippen LogP contribution in [-0.2, 0) is 2.98 Å². The summed E-state index contributed by atoms with van der Waals surface area (Å²) in [5.41, 5.74) is 2.61. The third kappa shape index (κ3) is 2.99. The Labute approximate surface area is 94.7 Å². The Morgan fingerprint density at radius 3 is 2.15 bits per heavy atom. The molecule has 0 radical (unpaired) electrons. The summed E-state index contributed by atoms with van der Waals surface area (Å²) in [5.74, 6) is 0.602. The molecule has 70 valence electrons. The van der Waals surface area contributed by atoms with Crippen LogP contribution in [0, 0.1) is 0 Å². The Morgan fingerprint density at radius 2 is 1.77 bits per heavy atom. The minimum atomic E-state index is 0.182. The zero-order valence-electron chi connectivity index (χ0n) is 8.25. The van der Waals surface area contributed by atoms with Crippen molar-refractivity contribution in [3.63, 3.8) is 0 Å². The molecule has 0 saturated heterocycles. The van der Waals surface area contributed by atoms with E-state index in [1.807, 2.05) is 23.0 Å². The van der Waals surface area contributed by atoms with Crippen LogP contribution in [0.25, 0.3) is 0 Å². The molecule has 0 atom stereocenters. The maximum Gasteiger partial charge on any atom is 0.337 e. The van der Waals surface area contributed by atoms with Crippen molar-refractivity contribution in [2.45, 2.75) is 26.6 Å². The fraction of sp³-hybridized carbons (Fsp3) is 0.400. The van der Waals surface area contributed by atoms with Gasteiger partial charge >= 0.3 is 6.92 Å². The average Bonchev–Trinajstić information content (AvgIpc) is 2.17. The molecule has 0 spiro atoms. The van der Waals surface area contributed by atoms with Crippen molar-refractivity contribution < 1.29 is 2.98 Å². The quantitative estimate of drug-likeness (QED) is 0.613. The Balaban J connectivity index is 2.81. The first kappa shape index (κ1) is 11.1. The predicted molar refractivity (Wildman–Crippen MR) is 66.9 cm³/mol. The van der Waals surface area contributed by atoms with Crippen LogP contribution in [0.4, 0.5) is 0 Å². The van der Waals surface area contributed by atoms with Crippen molar-refractivity contribution in [2.75, 3.05) is 0 Å². The summed E-state index contributed by atoms with van der Waals surface area (Å²) in [4.78, 5) is 0. The highest BCUT2D eigenvalue weighted by Gasteiger charge is 2.10. The van der Waals surface area contributed by atoms with Crippen molar-refractivity contribution in [1.29, 1.82) is 0 Å². The van der Waals surface area contributed by atoms with Gasteiger partial charge in [0.05, 0.1) is 23.0 Å². The topological polar surface area (TPSA) is 9.23 Å². The van der Waals surface area contributed by atoms with Crippen molar-refractivity contribution in [3.05, 3.63) is 29.8 Å². The fourth-order valence-corrected chi connectivity index (χ4v) is 1.50. The van der Waals surface area contributed by atoms with E-state index in [0.29, 0.717) is 5.92 Å². The number of rotatable bonds is 3. The van der Waals surface area contributed by atoms with Gasteiger partial charge in [0, 0.05) is 0 Å². The first-order valence-corrected chi connectivity index (χ1v) is 5.40. The van der Waals surface area contributed by atoms with Crippen LogP contribution < -0.4 is 5.46 Å². The standard InChI is InChI=1S/C10H14BIO/c1-8(2)9-4-6-10(7-5-9)11(3)13-12/h4-8H,1-3H3. The van der Waals surface area contributed by atoms with Crippen molar-refractivity contribution in [3.8, 4) is 0 Å². The molecule has 0 unspecified atom stereocenters. The van der Waals surface area contributed by atoms with E-state index in [1.54, 1.807) is 0 Å². The number of hydrogen-bond donors (Lipinski definition) is 0. The van der Waals surface area contributed by atoms with Gasteiger partial charge in [0.15, 0.2) is 0 Å². The van der Waals surface area contributed by atoms with Gasteiger partial charge in [0.1, 0.15) is 0 Å². The molecule has 0 aliphatic rings. The molecule has 0 fully saturated rings. The van der Waals surface area contributed by atoms with Gasteiger partial charge in [-0.05, 0) is 16.9 Å². The van der Waals surface area contributed by atoms with Crippen LogP contribution in [0.15, 0.2) is 24.3 Å². The zero-order chi connectivity index (χ0) is 9.84. The molecule has 0 saturated carbocycles. The summed E-state index contributed by atoms with van der Waals surface area (Å²) in [5, 5.41) is 0. The van der Waals surface area contributed by atoms with E-state index in [9.17, 15) is 0 Å². The summed E-state index contributed by atoms with van der Waals surface area (Å²) in [6.07, 6.45) is 0. The average molecular weight is 288 g/mol. The summed E-state index contributed by atoms with van der Waals surface area (Å²) in [7, 11) is 0. The smallest absolute Gasteiger partial charge is 0.337 e. The van der Waals surface area contributed by atoms with Crippen molar-refractivity contribution >= 4 is 35.4 Å². The Morgan fingerprint density at radius 1 is 1.23 bits per heavy atom. The molecule has 1 aromatic rings. The highest BCUT2D eigenvalue weighted by atomic mass is 127. The van der Waals surface area contributed by atoms with Crippen LogP contribution in [-0.4, -0.2) is 6.92 Å². The number of benzene rings is 1. The van der Waals surface area contributed by atoms with Gasteiger partial charge < -0.3 is 2.98 Å². The van der Waals surface area contributed by atoms with Gasteiger partial charge in [-0.15, -0.1) is 0 Å². The van der Waals surface area contributed by atoms with Gasteiger partial charge in [-0.3, -0.25) is 0 Å². The van der Waals surface area contributed by atoms with E-state index < -0.39 is 0 Å². The third-order valence-electron chi connectivity index (χ3n) is 2.21. The molecule has 0 aliphatic carbocycles. The molecular formula is C10H14BIO. The molecule has 3 heteroatoms. The molecule has 1 aromatic carbocycles. The van der Waals surface area contributed by atoms with Crippen molar-refractivity contribution in [1.82, 2.24) is 0 Å². The Hall–Kier alpha value is -0.0251. The highest BCUT2D eigenvalue weighted by Crippen LogP contribution is 2.12. The summed E-state index contributed by atoms with van der Waals surface area (Å²) in [6.45, 7) is 6.64. The van der Waals surface area contributed by atoms with Gasteiger partial charge in [-0.1, -0.05) is 44.9 Å². The summed E-state index contributed by atoms with van der Waals surface area (Å²) >= 11 is 1.94. The predicted octanol–water partition coefficient (Wildman–Crippen LogP) is 3.00. The molecule has 0 aromatic heterocycles. The minimum Gasteiger partial charge on any atom is -0.371 e. The molecule has 1 nitrogen and oxygen atoms in total. The lowest BCUT2D eigenvalue weighted by Crippen LogP contribution is -2.26. The lowest BCUT2D eigenvalue weighted by molar-refractivity contribution is 0.766. The summed E-state index contributed by atoms with van der Waals surface area (Å²) in [6, 6.07) is 8.62. The van der Waals surface area contributed by atoms with E-state index in [2.05, 4.69) is 44.9 Å². The second-order valence-electron chi connectivity index (χ2n) is 3.55. The van der Waals surface area contributed by atoms with Crippen LogP contribution in [0.2, 0.25) is 6.82 Å². The summed E-state index contributed by atoms with van der Waals surface area (Å²) < 4.78 is 5.21. The molecule has 0 bridgehead atoms. The van der Waals surface area contributed by atoms with Gasteiger partial charge in [0.2, 0.25) is 0 Å². The second kappa shape index (κ2) is 5.01. The number of hydrogen-bond acceptors (Lipinski definition) is 1. The lowest BCUT2D eigenvalue weighted by Gasteiger charge is -2.08. The molecule has 1 rings (SSSR count). The molecule has 13 heavy (non-hydrogen) atoms. The molecule has 0 N–H and O–H groups in total. The maximum absolute atomic E-state index is 5.21. The molecule has 0 amide bonds. The van der Waals surface area contributed by atoms with Gasteiger partial charge in [-0.2, -0.15) is 0 Å². The van der Waals surface area contributed by atoms with E-state index >= 15 is 0 Å². The Bertz CT molecular complexity index is 258. The second-order valence-corrected chi connectivity index (χ2v) is 4.06. The molecule has 0 heterocycles. The SMILES string of the molecule is CB(OI)c1ccc(C(C)C)cc1. The Kier molecular flexibility index (Phi) is 4.26. The first-order chi connectivity index (χ1) is 6.15. The third-order valence-corrected chi connectivity index (χ3v) is 2.97. The van der Waals surface area contributed by atoms with E-state index in [-0.39, 0.29) is 6.92 Å². The number of halogens is 1. The zero-order valence-corrected chi connectivity index (χ0v) is 10.4. The normalized spacial score (nSPS) is 10.5. The van der Waals surface area contributed by atoms with E-state index in [0.717, 1.165) is 0 Å². The van der Waals surface area contributed by atoms with Crippen molar-refractivity contribution in [2.24, 2.45) is 0 Å². The van der Waals surface area contributed by atoms with Gasteiger partial charge in [0.25, 0.3) is 0 Å². The lowest BCUT2D eigenvalue weighted by atomic mass is 9.64. The van der Waals surface area contributed by atoms with Crippen LogP contribution >= 0.6 is 23.0 Å². The van der Waals surface area contributed by atoms with Crippen LogP contribution in [0.1, 0.15) is 25.3 Å². The van der Waals surface area contributed by atoms with E-state index in [1.165, 1.54) is 11.0 Å². The van der Waals surface area contributed by atoms with Crippen LogP contribution in [0.5, 0.6) is 0 Å². The highest BCUT2D eigenvalue weighted by molar-refractivity contribution is 14.1. The first-order valence-electron chi connectivity index (χ1n) is 4.52. The minimum absolute atomic E-state index is 0.182. The fourth-order valence-electron chi connectivity index (χ4n) is 1.20.